The summed E-state index contributed by atoms with van der Waals surface area (Å²) >= 11 is 4.05. The number of thiol groups is 1. The van der Waals surface area contributed by atoms with Gasteiger partial charge in [0.1, 0.15) is 5.75 Å². The van der Waals surface area contributed by atoms with Gasteiger partial charge in [0.15, 0.2) is 0 Å². The van der Waals surface area contributed by atoms with Crippen molar-refractivity contribution in [3.8, 4) is 5.75 Å². The summed E-state index contributed by atoms with van der Waals surface area (Å²) in [4.78, 5) is 9.97. The van der Waals surface area contributed by atoms with Crippen LogP contribution in [0.3, 0.4) is 0 Å². The lowest BCUT2D eigenvalue weighted by Gasteiger charge is -2.04. The second-order valence-corrected chi connectivity index (χ2v) is 2.73. The largest absolute Gasteiger partial charge is 0.496 e. The van der Waals surface area contributed by atoms with Gasteiger partial charge in [0.2, 0.25) is 0 Å². The predicted octanol–water partition coefficient (Wildman–Crippen LogP) is 2.03. The Morgan fingerprint density at radius 2 is 2.31 bits per heavy atom. The summed E-state index contributed by atoms with van der Waals surface area (Å²) in [5, 5.41) is 10.4. The SMILES string of the molecule is COc1ccc([N+](=O)[O-])cc1CS. The summed E-state index contributed by atoms with van der Waals surface area (Å²) in [6, 6.07) is 4.45. The Balaban J connectivity index is 3.13. The van der Waals surface area contributed by atoms with Crippen molar-refractivity contribution in [3.05, 3.63) is 33.9 Å². The van der Waals surface area contributed by atoms with Gasteiger partial charge < -0.3 is 4.74 Å². The van der Waals surface area contributed by atoms with E-state index in [4.69, 9.17) is 4.74 Å². The lowest BCUT2D eigenvalue weighted by Crippen LogP contribution is -1.93. The Labute approximate surface area is 81.1 Å². The molecule has 0 aliphatic heterocycles. The molecule has 0 saturated carbocycles. The molecule has 0 bridgehead atoms. The van der Waals surface area contributed by atoms with Crippen LogP contribution in [0.1, 0.15) is 5.56 Å². The van der Waals surface area contributed by atoms with Crippen LogP contribution in [0, 0.1) is 10.1 Å². The fourth-order valence-corrected chi connectivity index (χ4v) is 1.25. The zero-order valence-electron chi connectivity index (χ0n) is 7.06. The highest BCUT2D eigenvalue weighted by Gasteiger charge is 2.09. The third kappa shape index (κ3) is 2.12. The van der Waals surface area contributed by atoms with Crippen LogP contribution in [0.4, 0.5) is 5.69 Å². The maximum Gasteiger partial charge on any atom is 0.270 e. The number of nitro benzene ring substituents is 1. The first-order valence-electron chi connectivity index (χ1n) is 3.61. The fourth-order valence-electron chi connectivity index (χ4n) is 1.00. The van der Waals surface area contributed by atoms with Crippen LogP contribution in [0.2, 0.25) is 0 Å². The van der Waals surface area contributed by atoms with E-state index in [1.54, 1.807) is 6.07 Å². The van der Waals surface area contributed by atoms with Crippen molar-refractivity contribution in [2.75, 3.05) is 7.11 Å². The number of hydrogen-bond acceptors (Lipinski definition) is 4. The quantitative estimate of drug-likeness (QED) is 0.460. The molecule has 0 fully saturated rings. The first-order chi connectivity index (χ1) is 6.19. The van der Waals surface area contributed by atoms with Gasteiger partial charge in [-0.2, -0.15) is 12.6 Å². The molecule has 1 aromatic rings. The van der Waals surface area contributed by atoms with Crippen LogP contribution in [-0.2, 0) is 5.75 Å². The van der Waals surface area contributed by atoms with Crippen LogP contribution in [0.5, 0.6) is 5.75 Å². The maximum atomic E-state index is 10.4. The lowest BCUT2D eigenvalue weighted by molar-refractivity contribution is -0.384. The molecule has 0 radical (unpaired) electrons. The van der Waals surface area contributed by atoms with Crippen molar-refractivity contribution in [3.63, 3.8) is 0 Å². The monoisotopic (exact) mass is 199 g/mol. The summed E-state index contributed by atoms with van der Waals surface area (Å²) < 4.78 is 5.00. The number of benzene rings is 1. The molecule has 0 spiro atoms. The number of methoxy groups -OCH3 is 1. The Kier molecular flexibility index (Phi) is 3.13. The highest BCUT2D eigenvalue weighted by molar-refractivity contribution is 7.79. The zero-order chi connectivity index (χ0) is 9.84. The molecule has 1 rings (SSSR count). The van der Waals surface area contributed by atoms with Gasteiger partial charge in [0.25, 0.3) is 5.69 Å². The van der Waals surface area contributed by atoms with Crippen molar-refractivity contribution >= 4 is 18.3 Å². The summed E-state index contributed by atoms with van der Waals surface area (Å²) in [6.45, 7) is 0. The van der Waals surface area contributed by atoms with Crippen LogP contribution < -0.4 is 4.74 Å². The van der Waals surface area contributed by atoms with Crippen molar-refractivity contribution < 1.29 is 9.66 Å². The maximum absolute atomic E-state index is 10.4. The zero-order valence-corrected chi connectivity index (χ0v) is 7.95. The van der Waals surface area contributed by atoms with Gasteiger partial charge in [0, 0.05) is 23.4 Å². The van der Waals surface area contributed by atoms with Gasteiger partial charge in [-0.25, -0.2) is 0 Å². The molecule has 0 saturated heterocycles. The van der Waals surface area contributed by atoms with E-state index in [0.29, 0.717) is 11.5 Å². The number of hydrogen-bond donors (Lipinski definition) is 1. The molecule has 4 nitrogen and oxygen atoms in total. The minimum atomic E-state index is -0.438. The van der Waals surface area contributed by atoms with Crippen molar-refractivity contribution in [2.24, 2.45) is 0 Å². The van der Waals surface area contributed by atoms with Gasteiger partial charge in [-0.15, -0.1) is 0 Å². The minimum Gasteiger partial charge on any atom is -0.496 e. The molecule has 0 aliphatic rings. The van der Waals surface area contributed by atoms with Crippen molar-refractivity contribution in [2.45, 2.75) is 5.75 Å². The number of nitrogens with zero attached hydrogens (tertiary/aromatic N) is 1. The number of non-ortho nitro benzene ring substituents is 1. The topological polar surface area (TPSA) is 52.4 Å². The summed E-state index contributed by atoms with van der Waals surface area (Å²) in [6.07, 6.45) is 0. The van der Waals surface area contributed by atoms with Crippen LogP contribution in [-0.4, -0.2) is 12.0 Å². The summed E-state index contributed by atoms with van der Waals surface area (Å²) in [5.41, 5.74) is 0.782. The minimum absolute atomic E-state index is 0.0600. The number of rotatable bonds is 3. The molecule has 0 aromatic heterocycles. The smallest absolute Gasteiger partial charge is 0.270 e. The lowest BCUT2D eigenvalue weighted by atomic mass is 10.2. The predicted molar refractivity (Wildman–Crippen MR) is 52.3 cm³/mol. The van der Waals surface area contributed by atoms with E-state index >= 15 is 0 Å². The van der Waals surface area contributed by atoms with E-state index in [0.717, 1.165) is 5.56 Å². The van der Waals surface area contributed by atoms with Gasteiger partial charge in [0.05, 0.1) is 12.0 Å². The third-order valence-corrected chi connectivity index (χ3v) is 1.99. The average molecular weight is 199 g/mol. The molecule has 0 N–H and O–H groups in total. The van der Waals surface area contributed by atoms with E-state index in [9.17, 15) is 10.1 Å². The molecule has 70 valence electrons. The fraction of sp³-hybridized carbons (Fsp3) is 0.250. The van der Waals surface area contributed by atoms with Gasteiger partial charge in [-0.05, 0) is 6.07 Å². The van der Waals surface area contributed by atoms with E-state index in [1.165, 1.54) is 19.2 Å². The molecule has 0 atom stereocenters. The van der Waals surface area contributed by atoms with E-state index in [-0.39, 0.29) is 5.69 Å². The molecule has 1 aromatic carbocycles. The Bertz CT molecular complexity index is 327. The molecule has 5 heteroatoms. The molecular weight excluding hydrogens is 190 g/mol. The first-order valence-corrected chi connectivity index (χ1v) is 4.24. The number of ether oxygens (including phenoxy) is 1. The Morgan fingerprint density at radius 1 is 1.62 bits per heavy atom. The second-order valence-electron chi connectivity index (χ2n) is 2.41. The van der Waals surface area contributed by atoms with Crippen LogP contribution in [0.25, 0.3) is 0 Å². The highest BCUT2D eigenvalue weighted by Crippen LogP contribution is 2.24. The summed E-state index contributed by atoms with van der Waals surface area (Å²) in [5.74, 6) is 1.05. The standard InChI is InChI=1S/C8H9NO3S/c1-12-8-3-2-7(9(10)11)4-6(8)5-13/h2-4,13H,5H2,1H3. The van der Waals surface area contributed by atoms with Gasteiger partial charge in [-0.3, -0.25) is 10.1 Å². The molecule has 0 amide bonds. The Morgan fingerprint density at radius 3 is 2.77 bits per heavy atom. The Hall–Kier alpha value is -1.23. The summed E-state index contributed by atoms with van der Waals surface area (Å²) in [7, 11) is 1.52. The average Bonchev–Trinajstić information content (AvgIpc) is 2.16. The van der Waals surface area contributed by atoms with E-state index < -0.39 is 4.92 Å². The van der Waals surface area contributed by atoms with Crippen LogP contribution in [0.15, 0.2) is 18.2 Å². The molecule has 0 heterocycles. The van der Waals surface area contributed by atoms with Crippen LogP contribution >= 0.6 is 12.6 Å². The highest BCUT2D eigenvalue weighted by atomic mass is 32.1. The third-order valence-electron chi connectivity index (χ3n) is 1.65. The van der Waals surface area contributed by atoms with E-state index in [2.05, 4.69) is 12.6 Å². The second kappa shape index (κ2) is 4.13. The number of nitro groups is 1. The molecule has 13 heavy (non-hydrogen) atoms. The molecule has 0 aliphatic carbocycles. The first kappa shape index (κ1) is 9.85. The van der Waals surface area contributed by atoms with Gasteiger partial charge >= 0.3 is 0 Å². The van der Waals surface area contributed by atoms with Crippen molar-refractivity contribution in [1.82, 2.24) is 0 Å². The van der Waals surface area contributed by atoms with E-state index in [1.807, 2.05) is 0 Å². The normalized spacial score (nSPS) is 9.69. The van der Waals surface area contributed by atoms with Crippen molar-refractivity contribution in [1.29, 1.82) is 0 Å². The van der Waals surface area contributed by atoms with Gasteiger partial charge in [-0.1, -0.05) is 0 Å². The molecule has 0 unspecified atom stereocenters. The molecular formula is C8H9NO3S.